The first-order chi connectivity index (χ1) is 13.5. The van der Waals surface area contributed by atoms with E-state index in [0.29, 0.717) is 26.3 Å². The van der Waals surface area contributed by atoms with Crippen LogP contribution < -0.4 is 0 Å². The average Bonchev–Trinajstić information content (AvgIpc) is 3.45. The summed E-state index contributed by atoms with van der Waals surface area (Å²) in [6, 6.07) is -0.0190. The number of rotatable bonds is 3. The van der Waals surface area contributed by atoms with E-state index in [-0.39, 0.29) is 22.9 Å². The standard InChI is InChI=1S/C20H28N2O5S/c23-19-20(26-12-5-13-27-20)17-14-16(28(24,25)21-10-3-4-11-21)8-9-18(17)22(19)15-6-1-2-7-15/h8-9,14-15,17-18H,1-7,10-13H2. The van der Waals surface area contributed by atoms with Crippen molar-refractivity contribution in [3.05, 3.63) is 23.1 Å². The van der Waals surface area contributed by atoms with Crippen molar-refractivity contribution in [1.29, 1.82) is 0 Å². The molecular weight excluding hydrogens is 380 g/mol. The maximum absolute atomic E-state index is 13.5. The maximum atomic E-state index is 13.5. The van der Waals surface area contributed by atoms with Crippen LogP contribution >= 0.6 is 0 Å². The van der Waals surface area contributed by atoms with Crippen LogP contribution in [-0.2, 0) is 24.3 Å². The van der Waals surface area contributed by atoms with Gasteiger partial charge in [-0.3, -0.25) is 4.79 Å². The summed E-state index contributed by atoms with van der Waals surface area (Å²) in [6.45, 7) is 2.04. The van der Waals surface area contributed by atoms with Gasteiger partial charge in [-0.15, -0.1) is 0 Å². The number of ether oxygens (including phenoxy) is 2. The summed E-state index contributed by atoms with van der Waals surface area (Å²) in [6.07, 6.45) is 12.1. The molecule has 5 aliphatic rings. The van der Waals surface area contributed by atoms with Gasteiger partial charge in [0.1, 0.15) is 0 Å². The predicted octanol–water partition coefficient (Wildman–Crippen LogP) is 1.77. The van der Waals surface area contributed by atoms with Crippen molar-refractivity contribution >= 4 is 15.9 Å². The van der Waals surface area contributed by atoms with E-state index in [0.717, 1.165) is 44.9 Å². The molecule has 3 saturated heterocycles. The van der Waals surface area contributed by atoms with Crippen LogP contribution in [0.25, 0.3) is 0 Å². The summed E-state index contributed by atoms with van der Waals surface area (Å²) in [4.78, 5) is 15.7. The molecule has 154 valence electrons. The Bertz CT molecular complexity index is 802. The zero-order valence-electron chi connectivity index (χ0n) is 16.1. The van der Waals surface area contributed by atoms with E-state index in [1.165, 1.54) is 0 Å². The molecule has 1 spiro atoms. The fraction of sp³-hybridized carbons (Fsp3) is 0.750. The highest BCUT2D eigenvalue weighted by Gasteiger charge is 2.63. The Labute approximate surface area is 166 Å². The number of hydrogen-bond acceptors (Lipinski definition) is 5. The molecule has 0 aromatic carbocycles. The minimum atomic E-state index is -3.54. The second-order valence-corrected chi connectivity index (χ2v) is 10.4. The van der Waals surface area contributed by atoms with Gasteiger partial charge in [0.2, 0.25) is 10.0 Å². The largest absolute Gasteiger partial charge is 0.342 e. The molecule has 8 heteroatoms. The lowest BCUT2D eigenvalue weighted by atomic mass is 9.90. The van der Waals surface area contributed by atoms with E-state index in [1.807, 2.05) is 11.0 Å². The number of hydrogen-bond donors (Lipinski definition) is 0. The van der Waals surface area contributed by atoms with Crippen molar-refractivity contribution in [1.82, 2.24) is 9.21 Å². The van der Waals surface area contributed by atoms with Gasteiger partial charge >= 0.3 is 0 Å². The number of amides is 1. The minimum Gasteiger partial charge on any atom is -0.342 e. The molecule has 3 aliphatic heterocycles. The van der Waals surface area contributed by atoms with Crippen LogP contribution in [-0.4, -0.2) is 67.7 Å². The fourth-order valence-electron chi connectivity index (χ4n) is 5.41. The van der Waals surface area contributed by atoms with Crippen molar-refractivity contribution in [2.75, 3.05) is 26.3 Å². The Morgan fingerprint density at radius 3 is 2.36 bits per heavy atom. The van der Waals surface area contributed by atoms with Crippen LogP contribution in [0.4, 0.5) is 0 Å². The zero-order chi connectivity index (χ0) is 19.4. The molecule has 0 aromatic rings. The lowest BCUT2D eigenvalue weighted by Crippen LogP contribution is -2.52. The molecule has 2 unspecified atom stereocenters. The molecule has 0 bridgehead atoms. The minimum absolute atomic E-state index is 0.130. The van der Waals surface area contributed by atoms with Crippen molar-refractivity contribution in [2.24, 2.45) is 5.92 Å². The molecule has 0 aromatic heterocycles. The molecular formula is C20H28N2O5S. The second kappa shape index (κ2) is 6.93. The van der Waals surface area contributed by atoms with E-state index in [9.17, 15) is 13.2 Å². The number of fused-ring (bicyclic) bond motifs is 2. The maximum Gasteiger partial charge on any atom is 0.284 e. The highest BCUT2D eigenvalue weighted by Crippen LogP contribution is 2.47. The summed E-state index contributed by atoms with van der Waals surface area (Å²) in [7, 11) is -3.54. The van der Waals surface area contributed by atoms with Gasteiger partial charge in [-0.2, -0.15) is 4.31 Å². The lowest BCUT2D eigenvalue weighted by Gasteiger charge is -2.36. The molecule has 5 rings (SSSR count). The number of likely N-dealkylation sites (tertiary alicyclic amines) is 1. The Morgan fingerprint density at radius 2 is 1.68 bits per heavy atom. The Morgan fingerprint density at radius 1 is 1.00 bits per heavy atom. The first-order valence-corrected chi connectivity index (χ1v) is 12.0. The highest BCUT2D eigenvalue weighted by molar-refractivity contribution is 7.93. The quantitative estimate of drug-likeness (QED) is 0.711. The number of carbonyl (C=O) groups excluding carboxylic acids is 1. The van der Waals surface area contributed by atoms with E-state index in [1.54, 1.807) is 16.5 Å². The summed E-state index contributed by atoms with van der Waals surface area (Å²) < 4.78 is 39.7. The van der Waals surface area contributed by atoms with Gasteiger partial charge < -0.3 is 14.4 Å². The first kappa shape index (κ1) is 18.8. The number of carbonyl (C=O) groups is 1. The summed E-state index contributed by atoms with van der Waals surface area (Å²) >= 11 is 0. The third-order valence-corrected chi connectivity index (χ3v) is 8.72. The van der Waals surface area contributed by atoms with E-state index < -0.39 is 21.7 Å². The third-order valence-electron chi connectivity index (χ3n) is 6.80. The van der Waals surface area contributed by atoms with E-state index in [2.05, 4.69) is 0 Å². The lowest BCUT2D eigenvalue weighted by molar-refractivity contribution is -0.262. The Balaban J connectivity index is 1.53. The molecule has 0 N–H and O–H groups in total. The monoisotopic (exact) mass is 408 g/mol. The molecule has 0 radical (unpaired) electrons. The molecule has 1 saturated carbocycles. The smallest absolute Gasteiger partial charge is 0.284 e. The van der Waals surface area contributed by atoms with Gasteiger partial charge in [0.05, 0.1) is 30.1 Å². The van der Waals surface area contributed by atoms with Crippen LogP contribution in [0, 0.1) is 5.92 Å². The third kappa shape index (κ3) is 2.72. The summed E-state index contributed by atoms with van der Waals surface area (Å²) in [5.41, 5.74) is 0. The van der Waals surface area contributed by atoms with Crippen LogP contribution in [0.15, 0.2) is 23.1 Å². The Hall–Kier alpha value is -1.22. The molecule has 3 heterocycles. The molecule has 7 nitrogen and oxygen atoms in total. The first-order valence-electron chi connectivity index (χ1n) is 10.5. The molecule has 1 amide bonds. The van der Waals surface area contributed by atoms with Gasteiger partial charge in [0.25, 0.3) is 11.7 Å². The second-order valence-electron chi connectivity index (χ2n) is 8.42. The number of nitrogens with zero attached hydrogens (tertiary/aromatic N) is 2. The fourth-order valence-corrected chi connectivity index (χ4v) is 7.01. The molecule has 28 heavy (non-hydrogen) atoms. The molecule has 4 fully saturated rings. The van der Waals surface area contributed by atoms with Crippen LogP contribution in [0.5, 0.6) is 0 Å². The molecule has 2 atom stereocenters. The average molecular weight is 409 g/mol. The van der Waals surface area contributed by atoms with Crippen molar-refractivity contribution in [2.45, 2.75) is 62.8 Å². The van der Waals surface area contributed by atoms with Crippen molar-refractivity contribution in [3.8, 4) is 0 Å². The van der Waals surface area contributed by atoms with E-state index in [4.69, 9.17) is 9.47 Å². The van der Waals surface area contributed by atoms with Gasteiger partial charge in [0, 0.05) is 19.1 Å². The van der Waals surface area contributed by atoms with Crippen molar-refractivity contribution in [3.63, 3.8) is 0 Å². The van der Waals surface area contributed by atoms with Crippen LogP contribution in [0.1, 0.15) is 44.9 Å². The van der Waals surface area contributed by atoms with Gasteiger partial charge in [-0.25, -0.2) is 8.42 Å². The summed E-state index contributed by atoms with van der Waals surface area (Å²) in [5, 5.41) is 0. The molecule has 2 aliphatic carbocycles. The van der Waals surface area contributed by atoms with Crippen LogP contribution in [0.2, 0.25) is 0 Å². The summed E-state index contributed by atoms with van der Waals surface area (Å²) in [5.74, 6) is -1.93. The topological polar surface area (TPSA) is 76.2 Å². The van der Waals surface area contributed by atoms with Crippen LogP contribution in [0.3, 0.4) is 0 Å². The highest BCUT2D eigenvalue weighted by atomic mass is 32.2. The number of allylic oxidation sites excluding steroid dienone is 1. The zero-order valence-corrected chi connectivity index (χ0v) is 16.9. The van der Waals surface area contributed by atoms with E-state index >= 15 is 0 Å². The predicted molar refractivity (Wildman–Crippen MR) is 103 cm³/mol. The van der Waals surface area contributed by atoms with Crippen molar-refractivity contribution < 1.29 is 22.7 Å². The number of sulfonamides is 1. The normalized spacial score (nSPS) is 33.6. The van der Waals surface area contributed by atoms with Gasteiger partial charge in [-0.05, 0) is 38.2 Å². The SMILES string of the molecule is O=C1N(C2CCCC2)C2C=CC(S(=O)(=O)N3CCCC3)=CC2C12OCCCO2. The Kier molecular flexibility index (Phi) is 4.65. The van der Waals surface area contributed by atoms with Gasteiger partial charge in [0.15, 0.2) is 0 Å². The van der Waals surface area contributed by atoms with Gasteiger partial charge in [-0.1, -0.05) is 25.0 Å².